The molecule has 6 nitrogen and oxygen atoms in total. The number of likely N-dealkylation sites (tertiary alicyclic amines) is 1. The number of hydrogen-bond acceptors (Lipinski definition) is 4. The molecule has 2 heterocycles. The fraction of sp³-hybridized carbons (Fsp3) is 0.619. The van der Waals surface area contributed by atoms with Crippen LogP contribution in [-0.2, 0) is 9.53 Å². The second-order valence-corrected chi connectivity index (χ2v) is 7.49. The van der Waals surface area contributed by atoms with Crippen LogP contribution in [0.15, 0.2) is 30.3 Å². The van der Waals surface area contributed by atoms with Crippen molar-refractivity contribution < 1.29 is 14.3 Å². The van der Waals surface area contributed by atoms with Gasteiger partial charge in [0, 0.05) is 37.8 Å². The van der Waals surface area contributed by atoms with Crippen molar-refractivity contribution in [2.45, 2.75) is 38.3 Å². The predicted molar refractivity (Wildman–Crippen MR) is 105 cm³/mol. The van der Waals surface area contributed by atoms with Gasteiger partial charge in [-0.3, -0.25) is 14.5 Å². The van der Waals surface area contributed by atoms with E-state index in [9.17, 15) is 9.59 Å². The van der Waals surface area contributed by atoms with Crippen LogP contribution in [0.1, 0.15) is 36.5 Å². The number of nitrogens with zero attached hydrogens (tertiary/aromatic N) is 3. The molecule has 2 saturated heterocycles. The Morgan fingerprint density at radius 3 is 2.48 bits per heavy atom. The lowest BCUT2D eigenvalue weighted by Gasteiger charge is -2.42. The molecule has 0 N–H and O–H groups in total. The van der Waals surface area contributed by atoms with Crippen molar-refractivity contribution in [3.63, 3.8) is 0 Å². The molecule has 27 heavy (non-hydrogen) atoms. The maximum Gasteiger partial charge on any atom is 0.253 e. The molecule has 0 bridgehead atoms. The Morgan fingerprint density at radius 1 is 1.15 bits per heavy atom. The van der Waals surface area contributed by atoms with E-state index in [-0.39, 0.29) is 23.9 Å². The molecule has 2 aliphatic heterocycles. The van der Waals surface area contributed by atoms with E-state index in [0.717, 1.165) is 37.9 Å². The molecule has 0 spiro atoms. The molecule has 6 heteroatoms. The molecular weight excluding hydrogens is 342 g/mol. The van der Waals surface area contributed by atoms with E-state index in [4.69, 9.17) is 4.74 Å². The van der Waals surface area contributed by atoms with Crippen LogP contribution in [0.25, 0.3) is 0 Å². The number of amides is 2. The number of piperidine rings is 1. The molecule has 1 aromatic rings. The summed E-state index contributed by atoms with van der Waals surface area (Å²) in [5, 5.41) is 0. The minimum Gasteiger partial charge on any atom is -0.378 e. The van der Waals surface area contributed by atoms with Crippen LogP contribution in [0, 0.1) is 0 Å². The molecule has 148 valence electrons. The number of benzene rings is 1. The van der Waals surface area contributed by atoms with Gasteiger partial charge in [0.05, 0.1) is 13.2 Å². The van der Waals surface area contributed by atoms with Crippen molar-refractivity contribution in [3.05, 3.63) is 35.9 Å². The third-order valence-electron chi connectivity index (χ3n) is 5.64. The highest BCUT2D eigenvalue weighted by atomic mass is 16.5. The first kappa shape index (κ1) is 19.8. The van der Waals surface area contributed by atoms with E-state index in [0.29, 0.717) is 26.3 Å². The fourth-order valence-electron chi connectivity index (χ4n) is 4.00. The van der Waals surface area contributed by atoms with Gasteiger partial charge >= 0.3 is 0 Å². The number of carbonyl (C=O) groups is 2. The van der Waals surface area contributed by atoms with Crippen LogP contribution in [0.3, 0.4) is 0 Å². The van der Waals surface area contributed by atoms with Gasteiger partial charge in [-0.05, 0) is 38.4 Å². The molecule has 1 aromatic carbocycles. The smallest absolute Gasteiger partial charge is 0.253 e. The summed E-state index contributed by atoms with van der Waals surface area (Å²) in [7, 11) is 2.00. The quantitative estimate of drug-likeness (QED) is 0.791. The second-order valence-electron chi connectivity index (χ2n) is 7.49. The van der Waals surface area contributed by atoms with Crippen molar-refractivity contribution in [1.29, 1.82) is 0 Å². The van der Waals surface area contributed by atoms with Crippen LogP contribution in [-0.4, -0.2) is 85.0 Å². The normalized spacial score (nSPS) is 21.9. The summed E-state index contributed by atoms with van der Waals surface area (Å²) in [6.45, 7) is 6.22. The maximum absolute atomic E-state index is 13.2. The van der Waals surface area contributed by atoms with Crippen molar-refractivity contribution in [1.82, 2.24) is 14.7 Å². The topological polar surface area (TPSA) is 53.1 Å². The zero-order chi connectivity index (χ0) is 19.2. The molecule has 2 amide bonds. The number of morpholine rings is 1. The Hall–Kier alpha value is -1.92. The van der Waals surface area contributed by atoms with Gasteiger partial charge in [0.1, 0.15) is 6.04 Å². The Kier molecular flexibility index (Phi) is 6.85. The number of carbonyl (C=O) groups excluding carboxylic acids is 2. The maximum atomic E-state index is 13.2. The van der Waals surface area contributed by atoms with Crippen LogP contribution in [0.5, 0.6) is 0 Å². The number of likely N-dealkylation sites (N-methyl/N-ethyl adjacent to an activating group) is 1. The Balaban J connectivity index is 1.61. The van der Waals surface area contributed by atoms with Gasteiger partial charge in [-0.15, -0.1) is 0 Å². The van der Waals surface area contributed by atoms with Crippen molar-refractivity contribution in [2.24, 2.45) is 0 Å². The van der Waals surface area contributed by atoms with E-state index in [1.807, 2.05) is 47.2 Å². The summed E-state index contributed by atoms with van der Waals surface area (Å²) in [5.41, 5.74) is 0.735. The van der Waals surface area contributed by atoms with Crippen molar-refractivity contribution >= 4 is 11.8 Å². The van der Waals surface area contributed by atoms with Crippen LogP contribution in [0.2, 0.25) is 0 Å². The van der Waals surface area contributed by atoms with Gasteiger partial charge in [-0.25, -0.2) is 0 Å². The van der Waals surface area contributed by atoms with E-state index >= 15 is 0 Å². The van der Waals surface area contributed by atoms with E-state index in [1.54, 1.807) is 0 Å². The average molecular weight is 373 g/mol. The van der Waals surface area contributed by atoms with E-state index in [2.05, 4.69) is 11.8 Å². The molecule has 0 saturated carbocycles. The Labute approximate surface area is 162 Å². The zero-order valence-electron chi connectivity index (χ0n) is 16.5. The van der Waals surface area contributed by atoms with Gasteiger partial charge in [0.25, 0.3) is 5.91 Å². The van der Waals surface area contributed by atoms with Gasteiger partial charge < -0.3 is 14.5 Å². The first-order valence-electron chi connectivity index (χ1n) is 10.0. The summed E-state index contributed by atoms with van der Waals surface area (Å²) >= 11 is 0. The molecular formula is C21H31N3O3. The number of rotatable bonds is 5. The summed E-state index contributed by atoms with van der Waals surface area (Å²) in [5.74, 6) is 0.259. The Bertz CT molecular complexity index is 629. The molecule has 2 aliphatic rings. The highest BCUT2D eigenvalue weighted by Gasteiger charge is 2.35. The highest BCUT2D eigenvalue weighted by Crippen LogP contribution is 2.21. The summed E-state index contributed by atoms with van der Waals surface area (Å²) < 4.78 is 5.54. The molecule has 0 aromatic heterocycles. The van der Waals surface area contributed by atoms with E-state index in [1.165, 1.54) is 0 Å². The van der Waals surface area contributed by atoms with Gasteiger partial charge in [-0.2, -0.15) is 0 Å². The van der Waals surface area contributed by atoms with Gasteiger partial charge in [-0.1, -0.05) is 25.1 Å². The lowest BCUT2D eigenvalue weighted by molar-refractivity contribution is -0.145. The Morgan fingerprint density at radius 2 is 1.85 bits per heavy atom. The number of ether oxygens (including phenoxy) is 1. The fourth-order valence-corrected chi connectivity index (χ4v) is 4.00. The molecule has 0 aliphatic carbocycles. The van der Waals surface area contributed by atoms with Crippen molar-refractivity contribution in [2.75, 3.05) is 46.4 Å². The average Bonchev–Trinajstić information content (AvgIpc) is 2.72. The standard InChI is InChI=1S/C21H31N3O3/c1-3-11-24(21(26)19-16-27-15-14-22(19)2)18-9-12-23(13-10-18)20(25)17-7-5-4-6-8-17/h4-8,18-19H,3,9-16H2,1-2H3. The summed E-state index contributed by atoms with van der Waals surface area (Å²) in [6.07, 6.45) is 2.61. The molecule has 3 rings (SSSR count). The lowest BCUT2D eigenvalue weighted by Crippen LogP contribution is -2.57. The monoisotopic (exact) mass is 373 g/mol. The largest absolute Gasteiger partial charge is 0.378 e. The third-order valence-corrected chi connectivity index (χ3v) is 5.64. The highest BCUT2D eigenvalue weighted by molar-refractivity contribution is 5.94. The zero-order valence-corrected chi connectivity index (χ0v) is 16.5. The third kappa shape index (κ3) is 4.68. The minimum atomic E-state index is -0.186. The van der Waals surface area contributed by atoms with Gasteiger partial charge in [0.2, 0.25) is 5.91 Å². The molecule has 0 radical (unpaired) electrons. The van der Waals surface area contributed by atoms with E-state index < -0.39 is 0 Å². The predicted octanol–water partition coefficient (Wildman–Crippen LogP) is 1.86. The van der Waals surface area contributed by atoms with Crippen LogP contribution in [0.4, 0.5) is 0 Å². The number of hydrogen-bond donors (Lipinski definition) is 0. The van der Waals surface area contributed by atoms with Crippen LogP contribution < -0.4 is 0 Å². The van der Waals surface area contributed by atoms with Crippen LogP contribution >= 0.6 is 0 Å². The second kappa shape index (κ2) is 9.33. The minimum absolute atomic E-state index is 0.0860. The first-order chi connectivity index (χ1) is 13.1. The van der Waals surface area contributed by atoms with Gasteiger partial charge in [0.15, 0.2) is 0 Å². The summed E-state index contributed by atoms with van der Waals surface area (Å²) in [4.78, 5) is 31.9. The lowest BCUT2D eigenvalue weighted by atomic mass is 10.0. The first-order valence-corrected chi connectivity index (χ1v) is 10.0. The van der Waals surface area contributed by atoms with Crippen molar-refractivity contribution in [3.8, 4) is 0 Å². The molecule has 1 atom stereocenters. The molecule has 2 fully saturated rings. The summed E-state index contributed by atoms with van der Waals surface area (Å²) in [6, 6.07) is 9.44. The SMILES string of the molecule is CCCN(C(=O)C1COCCN1C)C1CCN(C(=O)c2ccccc2)CC1. The molecule has 1 unspecified atom stereocenters.